The molecule has 168 valence electrons. The van der Waals surface area contributed by atoms with Crippen molar-refractivity contribution in [3.63, 3.8) is 0 Å². The second-order valence-corrected chi connectivity index (χ2v) is 7.50. The zero-order valence-electron chi connectivity index (χ0n) is 16.3. The highest BCUT2D eigenvalue weighted by Crippen LogP contribution is 2.33. The highest BCUT2D eigenvalue weighted by Gasteiger charge is 2.31. The van der Waals surface area contributed by atoms with Gasteiger partial charge in [-0.2, -0.15) is 18.3 Å². The number of aromatic nitrogens is 3. The number of halogens is 4. The van der Waals surface area contributed by atoms with Crippen LogP contribution >= 0.6 is 11.8 Å². The number of carbonyl (C=O) groups excluding carboxylic acids is 2. The maximum atomic E-state index is 13.1. The third-order valence-corrected chi connectivity index (χ3v) is 5.03. The maximum Gasteiger partial charge on any atom is 0.416 e. The van der Waals surface area contributed by atoms with E-state index in [0.29, 0.717) is 5.75 Å². The number of nitrogens with zero attached hydrogens (tertiary/aromatic N) is 3. The Morgan fingerprint density at radius 3 is 2.53 bits per heavy atom. The van der Waals surface area contributed by atoms with Gasteiger partial charge in [0, 0.05) is 10.6 Å². The van der Waals surface area contributed by atoms with Crippen LogP contribution in [0.3, 0.4) is 0 Å². The number of hydrogen-bond donors (Lipinski definition) is 1. The SMILES string of the molecule is O=C(COC(=O)CCSc1ccc(F)cc1)Nc1cc(C(F)(F)F)ccc1-n1cncn1. The van der Waals surface area contributed by atoms with Gasteiger partial charge in [-0.3, -0.25) is 9.59 Å². The van der Waals surface area contributed by atoms with Crippen molar-refractivity contribution in [2.75, 3.05) is 17.7 Å². The van der Waals surface area contributed by atoms with Crippen molar-refractivity contribution < 1.29 is 31.9 Å². The number of esters is 1. The highest BCUT2D eigenvalue weighted by atomic mass is 32.2. The zero-order chi connectivity index (χ0) is 23.1. The molecule has 0 atom stereocenters. The van der Waals surface area contributed by atoms with Gasteiger partial charge in [0.15, 0.2) is 6.61 Å². The molecule has 0 bridgehead atoms. The normalized spacial score (nSPS) is 11.2. The molecule has 0 saturated heterocycles. The Kier molecular flexibility index (Phi) is 7.46. The predicted octanol–water partition coefficient (Wildman–Crippen LogP) is 4.09. The molecule has 3 rings (SSSR count). The first-order valence-corrected chi connectivity index (χ1v) is 10.1. The number of alkyl halides is 3. The van der Waals surface area contributed by atoms with Crippen molar-refractivity contribution >= 4 is 29.3 Å². The van der Waals surface area contributed by atoms with E-state index in [1.54, 1.807) is 12.1 Å². The average molecular weight is 468 g/mol. The van der Waals surface area contributed by atoms with E-state index in [-0.39, 0.29) is 23.6 Å². The Balaban J connectivity index is 1.55. The van der Waals surface area contributed by atoms with Crippen LogP contribution < -0.4 is 5.32 Å². The van der Waals surface area contributed by atoms with E-state index in [4.69, 9.17) is 4.74 Å². The lowest BCUT2D eigenvalue weighted by atomic mass is 10.1. The van der Waals surface area contributed by atoms with Crippen molar-refractivity contribution in [1.82, 2.24) is 14.8 Å². The third kappa shape index (κ3) is 6.54. The number of benzene rings is 2. The minimum atomic E-state index is -4.62. The summed E-state index contributed by atoms with van der Waals surface area (Å²) in [7, 11) is 0. The molecule has 7 nitrogen and oxygen atoms in total. The lowest BCUT2D eigenvalue weighted by molar-refractivity contribution is -0.146. The fourth-order valence-corrected chi connectivity index (χ4v) is 3.37. The van der Waals surface area contributed by atoms with Gasteiger partial charge in [-0.15, -0.1) is 11.8 Å². The molecule has 0 aliphatic heterocycles. The van der Waals surface area contributed by atoms with Gasteiger partial charge >= 0.3 is 12.1 Å². The summed E-state index contributed by atoms with van der Waals surface area (Å²) in [6.45, 7) is -0.674. The van der Waals surface area contributed by atoms with E-state index in [9.17, 15) is 27.2 Å². The lowest BCUT2D eigenvalue weighted by Gasteiger charge is -2.14. The smallest absolute Gasteiger partial charge is 0.416 e. The molecular weight excluding hydrogens is 452 g/mol. The Morgan fingerprint density at radius 2 is 1.88 bits per heavy atom. The number of rotatable bonds is 8. The third-order valence-electron chi connectivity index (χ3n) is 4.02. The zero-order valence-corrected chi connectivity index (χ0v) is 17.1. The topological polar surface area (TPSA) is 86.1 Å². The first kappa shape index (κ1) is 23.3. The van der Waals surface area contributed by atoms with E-state index < -0.39 is 30.2 Å². The van der Waals surface area contributed by atoms with E-state index in [2.05, 4.69) is 15.4 Å². The summed E-state index contributed by atoms with van der Waals surface area (Å²) in [5.41, 5.74) is -0.976. The molecule has 2 aromatic carbocycles. The van der Waals surface area contributed by atoms with Crippen LogP contribution in [0.5, 0.6) is 0 Å². The highest BCUT2D eigenvalue weighted by molar-refractivity contribution is 7.99. The number of anilines is 1. The fraction of sp³-hybridized carbons (Fsp3) is 0.200. The summed E-state index contributed by atoms with van der Waals surface area (Å²) in [4.78, 5) is 28.5. The second-order valence-electron chi connectivity index (χ2n) is 6.33. The quantitative estimate of drug-likeness (QED) is 0.305. The first-order valence-electron chi connectivity index (χ1n) is 9.12. The van der Waals surface area contributed by atoms with Gasteiger partial charge in [0.05, 0.1) is 23.4 Å². The molecule has 1 N–H and O–H groups in total. The van der Waals surface area contributed by atoms with Gasteiger partial charge < -0.3 is 10.1 Å². The Hall–Kier alpha value is -3.41. The summed E-state index contributed by atoms with van der Waals surface area (Å²) >= 11 is 1.31. The number of thioether (sulfide) groups is 1. The van der Waals surface area contributed by atoms with Crippen molar-refractivity contribution in [3.8, 4) is 5.69 Å². The minimum absolute atomic E-state index is 0.0108. The second kappa shape index (κ2) is 10.3. The van der Waals surface area contributed by atoms with Crippen LogP contribution in [0, 0.1) is 5.82 Å². The molecule has 0 unspecified atom stereocenters. The predicted molar refractivity (Wildman–Crippen MR) is 108 cm³/mol. The Bertz CT molecular complexity index is 1070. The van der Waals surface area contributed by atoms with E-state index in [1.165, 1.54) is 41.2 Å². The number of amides is 1. The van der Waals surface area contributed by atoms with Crippen molar-refractivity contribution in [2.24, 2.45) is 0 Å². The molecule has 3 aromatic rings. The Morgan fingerprint density at radius 1 is 1.12 bits per heavy atom. The molecule has 1 amide bonds. The molecule has 0 radical (unpaired) electrons. The van der Waals surface area contributed by atoms with Gasteiger partial charge in [0.1, 0.15) is 18.5 Å². The number of nitrogens with one attached hydrogen (secondary N) is 1. The monoisotopic (exact) mass is 468 g/mol. The molecule has 0 spiro atoms. The number of hydrogen-bond acceptors (Lipinski definition) is 6. The van der Waals surface area contributed by atoms with Crippen LogP contribution in [-0.4, -0.2) is 39.0 Å². The Labute approximate surface area is 183 Å². The average Bonchev–Trinajstić information content (AvgIpc) is 3.28. The number of ether oxygens (including phenoxy) is 1. The number of carbonyl (C=O) groups is 2. The molecule has 0 aliphatic rings. The van der Waals surface area contributed by atoms with Crippen LogP contribution in [0.2, 0.25) is 0 Å². The van der Waals surface area contributed by atoms with Gasteiger partial charge in [0.25, 0.3) is 5.91 Å². The molecule has 32 heavy (non-hydrogen) atoms. The minimum Gasteiger partial charge on any atom is -0.456 e. The van der Waals surface area contributed by atoms with Crippen LogP contribution in [0.1, 0.15) is 12.0 Å². The summed E-state index contributed by atoms with van der Waals surface area (Å²) in [6, 6.07) is 8.49. The lowest BCUT2D eigenvalue weighted by Crippen LogP contribution is -2.22. The van der Waals surface area contributed by atoms with Gasteiger partial charge in [-0.1, -0.05) is 0 Å². The molecular formula is C20H16F4N4O3S. The van der Waals surface area contributed by atoms with Crippen LogP contribution in [0.25, 0.3) is 5.69 Å². The summed E-state index contributed by atoms with van der Waals surface area (Å²) in [5, 5.41) is 6.16. The van der Waals surface area contributed by atoms with Crippen LogP contribution in [-0.2, 0) is 20.5 Å². The molecule has 0 aliphatic carbocycles. The molecule has 0 saturated carbocycles. The van der Waals surface area contributed by atoms with E-state index in [0.717, 1.165) is 23.1 Å². The van der Waals surface area contributed by atoms with Crippen molar-refractivity contribution in [1.29, 1.82) is 0 Å². The fourth-order valence-electron chi connectivity index (χ4n) is 2.53. The summed E-state index contributed by atoms with van der Waals surface area (Å²) in [5.74, 6) is -1.50. The standard InChI is InChI=1S/C20H16F4N4O3S/c21-14-2-4-15(5-3-14)32-8-7-19(30)31-10-18(29)27-16-9-13(20(22,23)24)1-6-17(16)28-12-25-11-26-28/h1-6,9,11-12H,7-8,10H2,(H,27,29). The summed E-state index contributed by atoms with van der Waals surface area (Å²) < 4.78 is 58.1. The van der Waals surface area contributed by atoms with Crippen LogP contribution in [0.4, 0.5) is 23.2 Å². The van der Waals surface area contributed by atoms with Crippen molar-refractivity contribution in [2.45, 2.75) is 17.5 Å². The van der Waals surface area contributed by atoms with Crippen molar-refractivity contribution in [3.05, 3.63) is 66.5 Å². The molecule has 1 heterocycles. The van der Waals surface area contributed by atoms with E-state index in [1.807, 2.05) is 0 Å². The molecule has 0 fully saturated rings. The van der Waals surface area contributed by atoms with Gasteiger partial charge in [-0.05, 0) is 42.5 Å². The molecule has 1 aromatic heterocycles. The molecule has 12 heteroatoms. The van der Waals surface area contributed by atoms with Crippen LogP contribution in [0.15, 0.2) is 60.0 Å². The first-order chi connectivity index (χ1) is 15.2. The van der Waals surface area contributed by atoms with Gasteiger partial charge in [0.2, 0.25) is 0 Å². The maximum absolute atomic E-state index is 13.1. The van der Waals surface area contributed by atoms with Gasteiger partial charge in [-0.25, -0.2) is 14.1 Å². The van der Waals surface area contributed by atoms with E-state index >= 15 is 0 Å². The largest absolute Gasteiger partial charge is 0.456 e. The summed E-state index contributed by atoms with van der Waals surface area (Å²) in [6.07, 6.45) is -2.18.